The maximum atomic E-state index is 12.3. The molecule has 0 aliphatic carbocycles. The molecule has 1 aromatic rings. The Labute approximate surface area is 227 Å². The zero-order valence-corrected chi connectivity index (χ0v) is 21.6. The molecule has 0 radical (unpaired) electrons. The van der Waals surface area contributed by atoms with Gasteiger partial charge < -0.3 is 65.9 Å². The standard InChI is InChI=1S/C22H37N5O13/c1-9-6-12(31)26-21(25-9)27-22(38)24-5-3-2-4-23-19(37)16(35)15(34)18(10(30)7-28)40-20-17(36)14(33)13(32)11(8-29)39-20/h6,10-11,13-18,20,28-30,32-36H,2-5,7-8H2,1H3,(H,23,37)(H3,24,25,26,27,31,38)/t10-,11-,13+,14-,15-,16-,17+,18-,20+/m1/s1. The van der Waals surface area contributed by atoms with Gasteiger partial charge in [0.25, 0.3) is 11.5 Å². The van der Waals surface area contributed by atoms with Crippen LogP contribution in [0.1, 0.15) is 18.5 Å². The van der Waals surface area contributed by atoms with Crippen molar-refractivity contribution < 1.29 is 59.9 Å². The third-order valence-electron chi connectivity index (χ3n) is 5.93. The van der Waals surface area contributed by atoms with Crippen LogP contribution in [0, 0.1) is 6.92 Å². The lowest BCUT2D eigenvalue weighted by Gasteiger charge is -2.42. The van der Waals surface area contributed by atoms with E-state index in [2.05, 4.69) is 25.9 Å². The maximum absolute atomic E-state index is 12.3. The molecule has 0 saturated carbocycles. The summed E-state index contributed by atoms with van der Waals surface area (Å²) in [5.74, 6) is -1.09. The highest BCUT2D eigenvalue weighted by Crippen LogP contribution is 2.25. The zero-order chi connectivity index (χ0) is 30.0. The van der Waals surface area contributed by atoms with Gasteiger partial charge in [-0.05, 0) is 19.8 Å². The Hall–Kier alpha value is -2.78. The van der Waals surface area contributed by atoms with E-state index in [1.807, 2.05) is 0 Å². The summed E-state index contributed by atoms with van der Waals surface area (Å²) in [5, 5.41) is 86.5. The number of urea groups is 1. The molecule has 18 nitrogen and oxygen atoms in total. The molecule has 1 aromatic heterocycles. The molecule has 0 aromatic carbocycles. The molecule has 228 valence electrons. The molecule has 1 aliphatic heterocycles. The number of aromatic nitrogens is 2. The first-order valence-electron chi connectivity index (χ1n) is 12.4. The van der Waals surface area contributed by atoms with Crippen molar-refractivity contribution in [2.24, 2.45) is 0 Å². The number of hydrogen-bond acceptors (Lipinski definition) is 14. The van der Waals surface area contributed by atoms with E-state index in [0.29, 0.717) is 18.5 Å². The largest absolute Gasteiger partial charge is 0.394 e. The first-order valence-corrected chi connectivity index (χ1v) is 12.4. The smallest absolute Gasteiger partial charge is 0.321 e. The molecule has 0 bridgehead atoms. The van der Waals surface area contributed by atoms with Gasteiger partial charge in [-0.1, -0.05) is 0 Å². The van der Waals surface area contributed by atoms with Crippen molar-refractivity contribution in [1.82, 2.24) is 20.6 Å². The van der Waals surface area contributed by atoms with E-state index in [9.17, 15) is 55.2 Å². The van der Waals surface area contributed by atoms with Crippen molar-refractivity contribution in [3.63, 3.8) is 0 Å². The van der Waals surface area contributed by atoms with Gasteiger partial charge in [-0.15, -0.1) is 0 Å². The molecule has 12 N–H and O–H groups in total. The number of H-pyrrole nitrogens is 1. The van der Waals surface area contributed by atoms with Gasteiger partial charge in [0.05, 0.1) is 13.2 Å². The zero-order valence-electron chi connectivity index (χ0n) is 21.6. The summed E-state index contributed by atoms with van der Waals surface area (Å²) >= 11 is 0. The molecule has 9 atom stereocenters. The second-order valence-corrected chi connectivity index (χ2v) is 9.11. The van der Waals surface area contributed by atoms with Gasteiger partial charge in [0.2, 0.25) is 5.95 Å². The lowest BCUT2D eigenvalue weighted by atomic mass is 9.98. The lowest BCUT2D eigenvalue weighted by Crippen LogP contribution is -2.62. The van der Waals surface area contributed by atoms with Crippen LogP contribution >= 0.6 is 0 Å². The summed E-state index contributed by atoms with van der Waals surface area (Å²) in [6.45, 7) is 0.0409. The number of nitrogens with zero attached hydrogens (tertiary/aromatic N) is 1. The van der Waals surface area contributed by atoms with Gasteiger partial charge in [-0.25, -0.2) is 4.79 Å². The van der Waals surface area contributed by atoms with Gasteiger partial charge in [-0.2, -0.15) is 4.98 Å². The number of carbonyl (C=O) groups excluding carboxylic acids is 2. The first kappa shape index (κ1) is 33.4. The molecule has 1 saturated heterocycles. The molecule has 2 rings (SSSR count). The Balaban J connectivity index is 1.80. The molecule has 3 amide bonds. The quantitative estimate of drug-likeness (QED) is 0.0915. The Kier molecular flexibility index (Phi) is 13.3. The van der Waals surface area contributed by atoms with Gasteiger partial charge >= 0.3 is 6.03 Å². The van der Waals surface area contributed by atoms with E-state index in [4.69, 9.17) is 9.47 Å². The highest BCUT2D eigenvalue weighted by Gasteiger charge is 2.47. The number of aromatic amines is 1. The SMILES string of the molecule is Cc1cc(=O)nc(NC(=O)NCCCCNC(=O)[C@H](O)[C@@H](O)[C@H](O[C@@H]2O[C@H](CO)[C@H](O)[C@@H](O)[C@@H]2O)[C@H](O)CO)[nH]1. The molecule has 1 aliphatic rings. The highest BCUT2D eigenvalue weighted by atomic mass is 16.7. The molecule has 2 heterocycles. The first-order chi connectivity index (χ1) is 18.9. The van der Waals surface area contributed by atoms with E-state index >= 15 is 0 Å². The van der Waals surface area contributed by atoms with E-state index in [0.717, 1.165) is 0 Å². The Morgan fingerprint density at radius 2 is 1.73 bits per heavy atom. The topological polar surface area (TPSA) is 296 Å². The summed E-state index contributed by atoms with van der Waals surface area (Å²) in [6, 6.07) is 0.638. The van der Waals surface area contributed by atoms with Crippen molar-refractivity contribution >= 4 is 17.9 Å². The summed E-state index contributed by atoms with van der Waals surface area (Å²) in [5.41, 5.74) is -0.0109. The van der Waals surface area contributed by atoms with E-state index in [1.165, 1.54) is 6.07 Å². The number of anilines is 1. The number of unbranched alkanes of at least 4 members (excludes halogenated alkanes) is 1. The number of amides is 3. The van der Waals surface area contributed by atoms with Crippen LogP contribution < -0.4 is 21.5 Å². The molecule has 18 heteroatoms. The predicted octanol–water partition coefficient (Wildman–Crippen LogP) is -5.64. The number of ether oxygens (including phenoxy) is 2. The van der Waals surface area contributed by atoms with Crippen LogP contribution in [-0.4, -0.2) is 144 Å². The summed E-state index contributed by atoms with van der Waals surface area (Å²) in [7, 11) is 0. The molecular formula is C22H37N5O13. The van der Waals surface area contributed by atoms with Gasteiger partial charge in [-0.3, -0.25) is 14.9 Å². The Bertz CT molecular complexity index is 1010. The monoisotopic (exact) mass is 579 g/mol. The van der Waals surface area contributed by atoms with Gasteiger partial charge in [0.1, 0.15) is 42.7 Å². The Morgan fingerprint density at radius 3 is 2.33 bits per heavy atom. The van der Waals surface area contributed by atoms with Crippen molar-refractivity contribution in [2.75, 3.05) is 31.6 Å². The number of aliphatic hydroxyl groups excluding tert-OH is 8. The van der Waals surface area contributed by atoms with Crippen LogP contribution in [0.25, 0.3) is 0 Å². The minimum Gasteiger partial charge on any atom is -0.394 e. The van der Waals surface area contributed by atoms with E-state index in [1.54, 1.807) is 6.92 Å². The second-order valence-electron chi connectivity index (χ2n) is 9.11. The average Bonchev–Trinajstić information content (AvgIpc) is 2.91. The number of rotatable bonds is 14. The van der Waals surface area contributed by atoms with Crippen molar-refractivity contribution in [3.05, 3.63) is 22.1 Å². The van der Waals surface area contributed by atoms with Crippen molar-refractivity contribution in [2.45, 2.75) is 74.9 Å². The summed E-state index contributed by atoms with van der Waals surface area (Å²) < 4.78 is 10.4. The summed E-state index contributed by atoms with van der Waals surface area (Å²) in [4.78, 5) is 41.9. The third-order valence-corrected chi connectivity index (χ3v) is 5.93. The van der Waals surface area contributed by atoms with Crippen LogP contribution in [-0.2, 0) is 14.3 Å². The van der Waals surface area contributed by atoms with E-state index < -0.39 is 85.8 Å². The third kappa shape index (κ3) is 9.41. The minimum atomic E-state index is -2.18. The predicted molar refractivity (Wildman–Crippen MR) is 133 cm³/mol. The molecular weight excluding hydrogens is 542 g/mol. The van der Waals surface area contributed by atoms with Gasteiger partial charge in [0, 0.05) is 24.8 Å². The van der Waals surface area contributed by atoms with Crippen LogP contribution in [0.15, 0.2) is 10.9 Å². The number of hydrogen-bond donors (Lipinski definition) is 12. The summed E-state index contributed by atoms with van der Waals surface area (Å²) in [6.07, 6.45) is -16.0. The number of aryl methyl sites for hydroxylation is 1. The average molecular weight is 580 g/mol. The maximum Gasteiger partial charge on any atom is 0.321 e. The number of aliphatic hydroxyl groups is 8. The van der Waals surface area contributed by atoms with Crippen molar-refractivity contribution in [1.29, 1.82) is 0 Å². The van der Waals surface area contributed by atoms with Crippen LogP contribution in [0.3, 0.4) is 0 Å². The molecule has 1 fully saturated rings. The fourth-order valence-electron chi connectivity index (χ4n) is 3.73. The van der Waals surface area contributed by atoms with Crippen molar-refractivity contribution in [3.8, 4) is 0 Å². The fourth-order valence-corrected chi connectivity index (χ4v) is 3.73. The number of carbonyl (C=O) groups is 2. The lowest BCUT2D eigenvalue weighted by molar-refractivity contribution is -0.326. The fraction of sp³-hybridized carbons (Fsp3) is 0.727. The highest BCUT2D eigenvalue weighted by molar-refractivity contribution is 5.87. The number of nitrogens with one attached hydrogen (secondary N) is 4. The minimum absolute atomic E-state index is 0.0133. The van der Waals surface area contributed by atoms with Crippen LogP contribution in [0.2, 0.25) is 0 Å². The Morgan fingerprint density at radius 1 is 1.07 bits per heavy atom. The van der Waals surface area contributed by atoms with Gasteiger partial charge in [0.15, 0.2) is 12.4 Å². The molecule has 0 unspecified atom stereocenters. The molecule has 40 heavy (non-hydrogen) atoms. The normalized spacial score (nSPS) is 25.9. The second kappa shape index (κ2) is 15.9. The van der Waals surface area contributed by atoms with Crippen LogP contribution in [0.5, 0.6) is 0 Å². The van der Waals surface area contributed by atoms with E-state index in [-0.39, 0.29) is 19.0 Å². The van der Waals surface area contributed by atoms with Crippen LogP contribution in [0.4, 0.5) is 10.7 Å². The molecule has 0 spiro atoms.